The van der Waals surface area contributed by atoms with Gasteiger partial charge in [-0.05, 0) is 67.3 Å². The fraction of sp³-hybridized carbons (Fsp3) is 0.308. The maximum atomic E-state index is 13.9. The van der Waals surface area contributed by atoms with E-state index in [1.807, 2.05) is 107 Å². The van der Waals surface area contributed by atoms with E-state index in [9.17, 15) is 8.42 Å². The number of aryl methyl sites for hydroxylation is 3. The summed E-state index contributed by atoms with van der Waals surface area (Å²) in [5.41, 5.74) is 6.85. The lowest BCUT2D eigenvalue weighted by Gasteiger charge is -2.24. The molecule has 3 aromatic carbocycles. The van der Waals surface area contributed by atoms with Crippen LogP contribution in [0.3, 0.4) is 0 Å². The summed E-state index contributed by atoms with van der Waals surface area (Å²) in [7, 11) is 4.32. The van der Waals surface area contributed by atoms with E-state index in [2.05, 4.69) is 0 Å². The van der Waals surface area contributed by atoms with Gasteiger partial charge in [-0.25, -0.2) is 8.42 Å². The summed E-state index contributed by atoms with van der Waals surface area (Å²) in [5.74, 6) is 0. The minimum atomic E-state index is -3.65. The van der Waals surface area contributed by atoms with Crippen molar-refractivity contribution in [3.63, 3.8) is 0 Å². The molecule has 0 aromatic heterocycles. The molecular weight excluding hydrogens is 404 g/mol. The van der Waals surface area contributed by atoms with Gasteiger partial charge < -0.3 is 9.80 Å². The third-order valence-corrected chi connectivity index (χ3v) is 7.76. The van der Waals surface area contributed by atoms with Crippen molar-refractivity contribution in [1.29, 1.82) is 0 Å². The Bertz CT molecular complexity index is 1120. The van der Waals surface area contributed by atoms with Gasteiger partial charge in [-0.15, -0.1) is 0 Å². The molecule has 0 amide bonds. The molecule has 0 N–H and O–H groups in total. The average molecular weight is 437 g/mol. The minimum absolute atomic E-state index is 0.340. The summed E-state index contributed by atoms with van der Waals surface area (Å²) < 4.78 is 27.8. The zero-order valence-corrected chi connectivity index (χ0v) is 20.3. The third kappa shape index (κ3) is 4.62. The Morgan fingerprint density at radius 3 is 1.42 bits per heavy atom. The lowest BCUT2D eigenvalue weighted by Crippen LogP contribution is -2.17. The lowest BCUT2D eigenvalue weighted by molar-refractivity contribution is 0.589. The maximum Gasteiger partial charge on any atom is 0.189 e. The topological polar surface area (TPSA) is 40.6 Å². The second-order valence-corrected chi connectivity index (χ2v) is 10.7. The molecule has 3 aromatic rings. The molecule has 0 saturated heterocycles. The first-order valence-electron chi connectivity index (χ1n) is 10.4. The van der Waals surface area contributed by atoms with Gasteiger partial charge in [0.2, 0.25) is 0 Å². The molecule has 0 radical (unpaired) electrons. The second-order valence-electron chi connectivity index (χ2n) is 8.62. The molecule has 4 nitrogen and oxygen atoms in total. The summed E-state index contributed by atoms with van der Waals surface area (Å²) >= 11 is 0. The first-order chi connectivity index (χ1) is 14.5. The van der Waals surface area contributed by atoms with E-state index in [4.69, 9.17) is 0 Å². The highest BCUT2D eigenvalue weighted by Crippen LogP contribution is 2.38. The van der Waals surface area contributed by atoms with Crippen LogP contribution < -0.4 is 9.80 Å². The van der Waals surface area contributed by atoms with Crippen LogP contribution in [0.15, 0.2) is 65.6 Å². The number of rotatable bonds is 6. The zero-order chi connectivity index (χ0) is 22.9. The smallest absolute Gasteiger partial charge is 0.189 e. The Balaban J connectivity index is 2.23. The number of benzene rings is 3. The number of sulfone groups is 1. The van der Waals surface area contributed by atoms with Crippen LogP contribution in [0, 0.1) is 20.8 Å². The molecule has 0 unspecified atom stereocenters. The van der Waals surface area contributed by atoms with E-state index >= 15 is 0 Å². The zero-order valence-electron chi connectivity index (χ0n) is 19.5. The maximum absolute atomic E-state index is 13.9. The van der Waals surface area contributed by atoms with Gasteiger partial charge in [0.05, 0.1) is 4.90 Å². The van der Waals surface area contributed by atoms with Gasteiger partial charge in [-0.3, -0.25) is 0 Å². The number of nitrogens with zero attached hydrogens (tertiary/aromatic N) is 2. The molecule has 0 bridgehead atoms. The SMILES string of the molecule is Cc1ccc(S(=O)(=O)C(c2ccc(N(C)C)c(C)c2)c2ccc(N(C)C)c(C)c2)cc1. The molecule has 0 spiro atoms. The summed E-state index contributed by atoms with van der Waals surface area (Å²) in [6, 6.07) is 19.0. The monoisotopic (exact) mass is 436 g/mol. The van der Waals surface area contributed by atoms with Crippen LogP contribution >= 0.6 is 0 Å². The normalized spacial score (nSPS) is 11.6. The first-order valence-corrected chi connectivity index (χ1v) is 11.9. The molecule has 0 aliphatic carbocycles. The Labute approximate surface area is 187 Å². The van der Waals surface area contributed by atoms with Crippen molar-refractivity contribution >= 4 is 21.2 Å². The predicted octanol–water partition coefficient (Wildman–Crippen LogP) is 5.31. The van der Waals surface area contributed by atoms with Gasteiger partial charge in [0.25, 0.3) is 0 Å². The van der Waals surface area contributed by atoms with E-state index in [0.29, 0.717) is 4.90 Å². The molecule has 0 aliphatic heterocycles. The molecule has 0 aliphatic rings. The highest BCUT2D eigenvalue weighted by atomic mass is 32.2. The third-order valence-electron chi connectivity index (χ3n) is 5.67. The van der Waals surface area contributed by atoms with Crippen LogP contribution in [0.1, 0.15) is 33.1 Å². The van der Waals surface area contributed by atoms with E-state index < -0.39 is 15.1 Å². The molecule has 164 valence electrons. The number of hydrogen-bond acceptors (Lipinski definition) is 4. The van der Waals surface area contributed by atoms with Gasteiger partial charge in [0.15, 0.2) is 9.84 Å². The molecule has 0 fully saturated rings. The minimum Gasteiger partial charge on any atom is -0.377 e. The highest BCUT2D eigenvalue weighted by molar-refractivity contribution is 7.91. The fourth-order valence-electron chi connectivity index (χ4n) is 4.10. The molecule has 3 rings (SSSR count). The quantitative estimate of drug-likeness (QED) is 0.525. The van der Waals surface area contributed by atoms with Crippen LogP contribution in [0.5, 0.6) is 0 Å². The van der Waals surface area contributed by atoms with Crippen molar-refractivity contribution in [3.8, 4) is 0 Å². The van der Waals surface area contributed by atoms with Crippen molar-refractivity contribution in [1.82, 2.24) is 0 Å². The molecular formula is C26H32N2O2S. The molecule has 5 heteroatoms. The summed E-state index contributed by atoms with van der Waals surface area (Å²) in [6.07, 6.45) is 0. The lowest BCUT2D eigenvalue weighted by atomic mass is 9.99. The van der Waals surface area contributed by atoms with Gasteiger partial charge >= 0.3 is 0 Å². The summed E-state index contributed by atoms with van der Waals surface area (Å²) in [5, 5.41) is -0.778. The van der Waals surface area contributed by atoms with Gasteiger partial charge in [0.1, 0.15) is 5.25 Å². The standard InChI is InChI=1S/C26H32N2O2S/c1-18-8-12-23(13-9-18)31(29,30)26(21-10-14-24(27(4)5)19(2)16-21)22-11-15-25(28(6)7)20(3)17-22/h8-17,26H,1-7H3. The van der Waals surface area contributed by atoms with E-state index in [1.54, 1.807) is 12.1 Å². The largest absolute Gasteiger partial charge is 0.377 e. The number of anilines is 2. The average Bonchev–Trinajstić information content (AvgIpc) is 2.68. The van der Waals surface area contributed by atoms with Crippen LogP contribution in [0.4, 0.5) is 11.4 Å². The van der Waals surface area contributed by atoms with Crippen molar-refractivity contribution in [3.05, 3.63) is 88.5 Å². The predicted molar refractivity (Wildman–Crippen MR) is 131 cm³/mol. The Morgan fingerprint density at radius 2 is 1.06 bits per heavy atom. The van der Waals surface area contributed by atoms with E-state index in [1.165, 1.54) is 0 Å². The molecule has 0 heterocycles. The fourth-order valence-corrected chi connectivity index (χ4v) is 5.90. The van der Waals surface area contributed by atoms with Crippen LogP contribution in [0.25, 0.3) is 0 Å². The molecule has 0 saturated carbocycles. The van der Waals surface area contributed by atoms with Crippen molar-refractivity contribution in [2.75, 3.05) is 38.0 Å². The van der Waals surface area contributed by atoms with E-state index in [-0.39, 0.29) is 0 Å². The summed E-state index contributed by atoms with van der Waals surface area (Å²) in [6.45, 7) is 6.00. The van der Waals surface area contributed by atoms with Crippen LogP contribution in [-0.2, 0) is 9.84 Å². The van der Waals surface area contributed by atoms with Gasteiger partial charge in [0, 0.05) is 39.6 Å². The molecule has 31 heavy (non-hydrogen) atoms. The first kappa shape index (κ1) is 22.9. The van der Waals surface area contributed by atoms with Crippen LogP contribution in [0.2, 0.25) is 0 Å². The Hall–Kier alpha value is -2.79. The van der Waals surface area contributed by atoms with E-state index in [0.717, 1.165) is 39.2 Å². The van der Waals surface area contributed by atoms with Crippen molar-refractivity contribution < 1.29 is 8.42 Å². The molecule has 0 atom stereocenters. The van der Waals surface area contributed by atoms with Crippen molar-refractivity contribution in [2.45, 2.75) is 30.9 Å². The highest BCUT2D eigenvalue weighted by Gasteiger charge is 2.31. The second kappa shape index (κ2) is 8.75. The number of hydrogen-bond donors (Lipinski definition) is 0. The Morgan fingerprint density at radius 1 is 0.645 bits per heavy atom. The van der Waals surface area contributed by atoms with Gasteiger partial charge in [-0.2, -0.15) is 0 Å². The van der Waals surface area contributed by atoms with Gasteiger partial charge in [-0.1, -0.05) is 42.0 Å². The van der Waals surface area contributed by atoms with Crippen LogP contribution in [-0.4, -0.2) is 36.6 Å². The Kier molecular flexibility index (Phi) is 6.46. The summed E-state index contributed by atoms with van der Waals surface area (Å²) in [4.78, 5) is 4.42. The van der Waals surface area contributed by atoms with Crippen molar-refractivity contribution in [2.24, 2.45) is 0 Å².